The van der Waals surface area contributed by atoms with Crippen LogP contribution in [-0.4, -0.2) is 69.5 Å². The monoisotopic (exact) mass is 411 g/mol. The standard InChI is InChI=1S/C22H33N7O/c1-17(2)21(23-9-8-18-16-24-20-7-4-3-6-19(18)20)22-25-26-27-29(22)11-5-10-28-12-14-30-15-13-28/h3-4,6-7,16-17,21,23-24H,5,8-15H2,1-2H3. The molecule has 162 valence electrons. The van der Waals surface area contributed by atoms with E-state index in [-0.39, 0.29) is 6.04 Å². The molecule has 1 saturated heterocycles. The van der Waals surface area contributed by atoms with Crippen molar-refractivity contribution in [1.29, 1.82) is 0 Å². The molecule has 2 N–H and O–H groups in total. The van der Waals surface area contributed by atoms with E-state index in [0.717, 1.165) is 64.6 Å². The molecule has 8 heteroatoms. The van der Waals surface area contributed by atoms with Crippen LogP contribution in [0, 0.1) is 5.92 Å². The fourth-order valence-electron chi connectivity index (χ4n) is 4.19. The maximum absolute atomic E-state index is 5.43. The predicted molar refractivity (Wildman–Crippen MR) is 117 cm³/mol. The van der Waals surface area contributed by atoms with Gasteiger partial charge in [-0.15, -0.1) is 5.10 Å². The number of benzene rings is 1. The summed E-state index contributed by atoms with van der Waals surface area (Å²) in [5, 5.41) is 17.6. The average molecular weight is 412 g/mol. The van der Waals surface area contributed by atoms with E-state index in [1.54, 1.807) is 0 Å². The number of aromatic amines is 1. The molecule has 1 aliphatic rings. The van der Waals surface area contributed by atoms with Crippen LogP contribution in [0.2, 0.25) is 0 Å². The molecule has 0 amide bonds. The summed E-state index contributed by atoms with van der Waals surface area (Å²) in [4.78, 5) is 5.81. The lowest BCUT2D eigenvalue weighted by atomic mass is 10.0. The van der Waals surface area contributed by atoms with Crippen molar-refractivity contribution in [3.63, 3.8) is 0 Å². The van der Waals surface area contributed by atoms with Crippen LogP contribution in [0.1, 0.15) is 37.7 Å². The summed E-state index contributed by atoms with van der Waals surface area (Å²) >= 11 is 0. The lowest BCUT2D eigenvalue weighted by molar-refractivity contribution is 0.0367. The van der Waals surface area contributed by atoms with Gasteiger partial charge in [-0.2, -0.15) is 0 Å². The van der Waals surface area contributed by atoms with Gasteiger partial charge < -0.3 is 15.0 Å². The Morgan fingerprint density at radius 1 is 1.17 bits per heavy atom. The minimum atomic E-state index is 0.133. The van der Waals surface area contributed by atoms with Gasteiger partial charge >= 0.3 is 0 Å². The minimum Gasteiger partial charge on any atom is -0.379 e. The third kappa shape index (κ3) is 5.06. The molecule has 1 unspecified atom stereocenters. The van der Waals surface area contributed by atoms with Crippen LogP contribution in [0.4, 0.5) is 0 Å². The van der Waals surface area contributed by atoms with Crippen molar-refractivity contribution in [2.24, 2.45) is 5.92 Å². The molecule has 0 saturated carbocycles. The van der Waals surface area contributed by atoms with Crippen molar-refractivity contribution in [1.82, 2.24) is 35.4 Å². The summed E-state index contributed by atoms with van der Waals surface area (Å²) in [6.45, 7) is 10.9. The number of hydrogen-bond donors (Lipinski definition) is 2. The number of ether oxygens (including phenoxy) is 1. The summed E-state index contributed by atoms with van der Waals surface area (Å²) in [6, 6.07) is 8.59. The highest BCUT2D eigenvalue weighted by atomic mass is 16.5. The van der Waals surface area contributed by atoms with Gasteiger partial charge in [0, 0.05) is 43.3 Å². The number of fused-ring (bicyclic) bond motifs is 1. The molecular formula is C22H33N7O. The number of H-pyrrole nitrogens is 1. The number of aromatic nitrogens is 5. The number of morpholine rings is 1. The lowest BCUT2D eigenvalue weighted by Gasteiger charge is -2.26. The zero-order chi connectivity index (χ0) is 20.8. The normalized spacial score (nSPS) is 16.5. The maximum atomic E-state index is 5.43. The van der Waals surface area contributed by atoms with Crippen molar-refractivity contribution < 1.29 is 4.74 Å². The fourth-order valence-corrected chi connectivity index (χ4v) is 4.19. The molecule has 0 aliphatic carbocycles. The van der Waals surface area contributed by atoms with E-state index in [9.17, 15) is 0 Å². The van der Waals surface area contributed by atoms with E-state index >= 15 is 0 Å². The van der Waals surface area contributed by atoms with Crippen LogP contribution in [0.25, 0.3) is 10.9 Å². The third-order valence-electron chi connectivity index (χ3n) is 5.89. The molecule has 30 heavy (non-hydrogen) atoms. The van der Waals surface area contributed by atoms with E-state index in [4.69, 9.17) is 4.74 Å². The van der Waals surface area contributed by atoms with Gasteiger partial charge in [0.2, 0.25) is 0 Å². The van der Waals surface area contributed by atoms with Gasteiger partial charge in [0.1, 0.15) is 0 Å². The number of rotatable bonds is 10. The summed E-state index contributed by atoms with van der Waals surface area (Å²) in [5.41, 5.74) is 2.53. The molecule has 0 radical (unpaired) electrons. The predicted octanol–water partition coefficient (Wildman–Crippen LogP) is 2.41. The SMILES string of the molecule is CC(C)C(NCCc1c[nH]c2ccccc12)c1nnnn1CCCN1CCOCC1. The molecule has 1 atom stereocenters. The van der Waals surface area contributed by atoms with Gasteiger partial charge in [-0.3, -0.25) is 4.90 Å². The molecule has 0 spiro atoms. The molecule has 2 aromatic heterocycles. The van der Waals surface area contributed by atoms with Gasteiger partial charge in [-0.1, -0.05) is 32.0 Å². The number of para-hydroxylation sites is 1. The summed E-state index contributed by atoms with van der Waals surface area (Å²) < 4.78 is 7.40. The molecule has 4 rings (SSSR count). The minimum absolute atomic E-state index is 0.133. The number of nitrogens with zero attached hydrogens (tertiary/aromatic N) is 5. The van der Waals surface area contributed by atoms with Crippen LogP contribution in [0.5, 0.6) is 0 Å². The zero-order valence-corrected chi connectivity index (χ0v) is 18.0. The second-order valence-electron chi connectivity index (χ2n) is 8.35. The third-order valence-corrected chi connectivity index (χ3v) is 5.89. The van der Waals surface area contributed by atoms with Gasteiger partial charge in [0.15, 0.2) is 5.82 Å². The highest BCUT2D eigenvalue weighted by Crippen LogP contribution is 2.21. The smallest absolute Gasteiger partial charge is 0.168 e. The molecule has 1 fully saturated rings. The zero-order valence-electron chi connectivity index (χ0n) is 18.0. The number of tetrazole rings is 1. The van der Waals surface area contributed by atoms with E-state index in [2.05, 4.69) is 75.0 Å². The first-order valence-electron chi connectivity index (χ1n) is 11.1. The second-order valence-corrected chi connectivity index (χ2v) is 8.35. The van der Waals surface area contributed by atoms with Gasteiger partial charge in [-0.05, 0) is 47.4 Å². The van der Waals surface area contributed by atoms with Gasteiger partial charge in [0.25, 0.3) is 0 Å². The van der Waals surface area contributed by atoms with Gasteiger partial charge in [0.05, 0.1) is 19.3 Å². The maximum Gasteiger partial charge on any atom is 0.168 e. The molecule has 3 heterocycles. The van der Waals surface area contributed by atoms with Crippen molar-refractivity contribution in [3.05, 3.63) is 41.9 Å². The Bertz CT molecular complexity index is 913. The van der Waals surface area contributed by atoms with Crippen LogP contribution >= 0.6 is 0 Å². The molecule has 1 aliphatic heterocycles. The Balaban J connectivity index is 1.33. The quantitative estimate of drug-likeness (QED) is 0.533. The Morgan fingerprint density at radius 3 is 2.83 bits per heavy atom. The summed E-state index contributed by atoms with van der Waals surface area (Å²) in [5.74, 6) is 1.34. The first kappa shape index (κ1) is 21.0. The van der Waals surface area contributed by atoms with E-state index in [1.165, 1.54) is 16.5 Å². The van der Waals surface area contributed by atoms with Crippen molar-refractivity contribution in [2.45, 2.75) is 39.3 Å². The van der Waals surface area contributed by atoms with Crippen LogP contribution in [-0.2, 0) is 17.7 Å². The summed E-state index contributed by atoms with van der Waals surface area (Å²) in [7, 11) is 0. The molecule has 0 bridgehead atoms. The molecular weight excluding hydrogens is 378 g/mol. The van der Waals surface area contributed by atoms with Crippen molar-refractivity contribution >= 4 is 10.9 Å². The molecule has 3 aromatic rings. The number of aryl methyl sites for hydroxylation is 1. The Hall–Kier alpha value is -2.29. The highest BCUT2D eigenvalue weighted by molar-refractivity contribution is 5.83. The number of hydrogen-bond acceptors (Lipinski definition) is 6. The Labute approximate surface area is 178 Å². The Morgan fingerprint density at radius 2 is 2.00 bits per heavy atom. The second kappa shape index (κ2) is 10.1. The van der Waals surface area contributed by atoms with Crippen LogP contribution in [0.15, 0.2) is 30.5 Å². The lowest BCUT2D eigenvalue weighted by Crippen LogP contribution is -2.37. The largest absolute Gasteiger partial charge is 0.379 e. The van der Waals surface area contributed by atoms with Crippen molar-refractivity contribution in [3.8, 4) is 0 Å². The average Bonchev–Trinajstić information content (AvgIpc) is 3.39. The van der Waals surface area contributed by atoms with Crippen LogP contribution in [0.3, 0.4) is 0 Å². The first-order valence-corrected chi connectivity index (χ1v) is 11.1. The topological polar surface area (TPSA) is 83.9 Å². The molecule has 1 aromatic carbocycles. The first-order chi connectivity index (χ1) is 14.7. The van der Waals surface area contributed by atoms with Crippen LogP contribution < -0.4 is 5.32 Å². The van der Waals surface area contributed by atoms with E-state index in [1.807, 2.05) is 4.68 Å². The Kier molecular flexibility index (Phi) is 7.09. The fraction of sp³-hybridized carbons (Fsp3) is 0.591. The van der Waals surface area contributed by atoms with Gasteiger partial charge in [-0.25, -0.2) is 4.68 Å². The van der Waals surface area contributed by atoms with Crippen molar-refractivity contribution in [2.75, 3.05) is 39.4 Å². The molecule has 8 nitrogen and oxygen atoms in total. The van der Waals surface area contributed by atoms with E-state index < -0.39 is 0 Å². The number of nitrogens with one attached hydrogen (secondary N) is 2. The summed E-state index contributed by atoms with van der Waals surface area (Å²) in [6.07, 6.45) is 4.12. The van der Waals surface area contributed by atoms with E-state index in [0.29, 0.717) is 5.92 Å². The highest BCUT2D eigenvalue weighted by Gasteiger charge is 2.22.